The van der Waals surface area contributed by atoms with E-state index >= 15 is 0 Å². The molecular formula is C48H43N8O4+. The average Bonchev–Trinajstić information content (AvgIpc) is 3.95. The Hall–Kier alpha value is -7.73. The van der Waals surface area contributed by atoms with Gasteiger partial charge in [-0.1, -0.05) is 102 Å². The number of carbonyl (C=O) groups excluding carboxylic acids is 1. The van der Waals surface area contributed by atoms with Gasteiger partial charge >= 0.3 is 0 Å². The number of para-hydroxylation sites is 4. The quantitative estimate of drug-likeness (QED) is 0.145. The van der Waals surface area contributed by atoms with E-state index in [9.17, 15) is 19.2 Å². The van der Waals surface area contributed by atoms with Crippen LogP contribution in [0.3, 0.4) is 0 Å². The summed E-state index contributed by atoms with van der Waals surface area (Å²) in [5, 5.41) is 14.6. The van der Waals surface area contributed by atoms with Crippen LogP contribution < -0.4 is 26.8 Å². The van der Waals surface area contributed by atoms with Crippen molar-refractivity contribution < 1.29 is 9.90 Å². The summed E-state index contributed by atoms with van der Waals surface area (Å²) in [7, 11) is 0. The average molecular weight is 796 g/mol. The molecule has 0 saturated carbocycles. The van der Waals surface area contributed by atoms with Gasteiger partial charge in [-0.05, 0) is 80.4 Å². The molecule has 12 heteroatoms. The van der Waals surface area contributed by atoms with Crippen LogP contribution in [0, 0.1) is 26.7 Å². The number of hydrogen-bond acceptors (Lipinski definition) is 4. The van der Waals surface area contributed by atoms with Crippen molar-refractivity contribution in [1.82, 2.24) is 29.3 Å². The maximum absolute atomic E-state index is 14.6. The number of nitrogens with zero attached hydrogens (tertiary/aromatic N) is 4. The molecule has 298 valence electrons. The third-order valence-corrected chi connectivity index (χ3v) is 11.5. The Kier molecular flexibility index (Phi) is 9.59. The summed E-state index contributed by atoms with van der Waals surface area (Å²) in [4.78, 5) is 58.2. The number of aromatic nitrogens is 6. The molecule has 4 heterocycles. The van der Waals surface area contributed by atoms with E-state index in [1.807, 2.05) is 173 Å². The van der Waals surface area contributed by atoms with Gasteiger partial charge in [-0.2, -0.15) is 0 Å². The van der Waals surface area contributed by atoms with Crippen LogP contribution in [0.5, 0.6) is 0 Å². The van der Waals surface area contributed by atoms with E-state index in [0.29, 0.717) is 73.4 Å². The Morgan fingerprint density at radius 1 is 0.450 bits per heavy atom. The van der Waals surface area contributed by atoms with Gasteiger partial charge in [0, 0.05) is 41.4 Å². The van der Waals surface area contributed by atoms with Crippen LogP contribution in [-0.4, -0.2) is 41.0 Å². The number of benzene rings is 5. The second-order valence-electron chi connectivity index (χ2n) is 15.2. The predicted octanol–water partition coefficient (Wildman–Crippen LogP) is 5.48. The van der Waals surface area contributed by atoms with Crippen LogP contribution in [0.15, 0.2) is 160 Å². The minimum Gasteiger partial charge on any atom is -0.295 e. The third kappa shape index (κ3) is 6.38. The standard InChI is InChI=1S/C48H42N8O4/c1-29-39(45(57)53(49-29)35-17-9-5-10-18-35)43(40-30(2)50-54(46(40)58)36-19-11-6-12-20-36)33-25-27-34(28-26-33)44(41-31(3)51-55(47(41)59)37-21-13-7-14-22-37)42-32(4)52-56(48(42)60)38-23-15-8-16-24-38/h5-28,39,43-44,50-52H,1-4H3/p+1. The number of hydrazine groups is 1. The Balaban J connectivity index is 1.22. The van der Waals surface area contributed by atoms with E-state index in [2.05, 4.69) is 20.4 Å². The van der Waals surface area contributed by atoms with Gasteiger partial charge in [0.25, 0.3) is 22.6 Å². The second-order valence-corrected chi connectivity index (χ2v) is 15.2. The Morgan fingerprint density at radius 3 is 1.22 bits per heavy atom. The SMILES string of the molecule is CC1=[NH+]N(c2ccccc2)C(=O)C1C(c1ccc(C(c2c(C)[nH]n(-c3ccccc3)c2=O)c2c(C)[nH]n(-c3ccccc3)c2=O)cc1)c1c(C)[nH]n(-c2ccccc2)c1=O. The van der Waals surface area contributed by atoms with Gasteiger partial charge in [-0.3, -0.25) is 34.5 Å². The fourth-order valence-electron chi connectivity index (χ4n) is 8.69. The molecule has 12 nitrogen and oxygen atoms in total. The molecule has 2 atom stereocenters. The zero-order valence-corrected chi connectivity index (χ0v) is 33.5. The van der Waals surface area contributed by atoms with Crippen LogP contribution in [0.1, 0.15) is 63.7 Å². The lowest BCUT2D eigenvalue weighted by molar-refractivity contribution is -0.455. The fraction of sp³-hybridized carbons (Fsp3) is 0.146. The molecule has 60 heavy (non-hydrogen) atoms. The van der Waals surface area contributed by atoms with Gasteiger partial charge in [-0.15, -0.1) is 5.10 Å². The van der Waals surface area contributed by atoms with Crippen molar-refractivity contribution in [2.75, 3.05) is 5.01 Å². The van der Waals surface area contributed by atoms with Gasteiger partial charge in [0.2, 0.25) is 0 Å². The molecule has 9 rings (SSSR count). The summed E-state index contributed by atoms with van der Waals surface area (Å²) in [5.41, 5.74) is 7.09. The first-order chi connectivity index (χ1) is 29.1. The van der Waals surface area contributed by atoms with Crippen molar-refractivity contribution in [2.24, 2.45) is 5.92 Å². The molecule has 3 aromatic heterocycles. The third-order valence-electron chi connectivity index (χ3n) is 11.5. The molecule has 1 aliphatic rings. The van der Waals surface area contributed by atoms with Crippen molar-refractivity contribution in [2.45, 2.75) is 39.5 Å². The van der Waals surface area contributed by atoms with Crippen LogP contribution >= 0.6 is 0 Å². The molecule has 2 unspecified atom stereocenters. The molecule has 1 aliphatic heterocycles. The number of amides is 1. The van der Waals surface area contributed by atoms with Gasteiger partial charge < -0.3 is 0 Å². The highest BCUT2D eigenvalue weighted by Gasteiger charge is 2.48. The number of aryl methyl sites for hydroxylation is 3. The van der Waals surface area contributed by atoms with Crippen molar-refractivity contribution in [3.8, 4) is 17.1 Å². The van der Waals surface area contributed by atoms with E-state index in [1.165, 1.54) is 19.1 Å². The number of rotatable bonds is 10. The minimum atomic E-state index is -0.791. The monoisotopic (exact) mass is 795 g/mol. The smallest absolute Gasteiger partial charge is 0.295 e. The van der Waals surface area contributed by atoms with Crippen molar-refractivity contribution in [3.05, 3.63) is 222 Å². The maximum Gasteiger partial charge on any atom is 0.297 e. The first-order valence-corrected chi connectivity index (χ1v) is 19.8. The Morgan fingerprint density at radius 2 is 0.800 bits per heavy atom. The summed E-state index contributed by atoms with van der Waals surface area (Å²) in [6.45, 7) is 7.41. The summed E-state index contributed by atoms with van der Waals surface area (Å²) in [6, 6.07) is 44.9. The molecular weight excluding hydrogens is 753 g/mol. The Labute approximate surface area is 344 Å². The van der Waals surface area contributed by atoms with Crippen molar-refractivity contribution in [1.29, 1.82) is 0 Å². The molecule has 5 aromatic carbocycles. The lowest BCUT2D eigenvalue weighted by Gasteiger charge is -2.22. The highest BCUT2D eigenvalue weighted by molar-refractivity contribution is 6.11. The first-order valence-electron chi connectivity index (χ1n) is 19.8. The van der Waals surface area contributed by atoms with E-state index in [1.54, 1.807) is 0 Å². The number of hydrazone groups is 1. The normalized spacial score (nSPS) is 14.6. The summed E-state index contributed by atoms with van der Waals surface area (Å²) < 4.78 is 4.52. The zero-order valence-electron chi connectivity index (χ0n) is 33.5. The molecule has 0 bridgehead atoms. The molecule has 8 aromatic rings. The van der Waals surface area contributed by atoms with E-state index < -0.39 is 17.8 Å². The second kappa shape index (κ2) is 15.2. The topological polar surface area (TPSA) is 148 Å². The van der Waals surface area contributed by atoms with E-state index in [4.69, 9.17) is 0 Å². The predicted molar refractivity (Wildman–Crippen MR) is 232 cm³/mol. The van der Waals surface area contributed by atoms with Crippen LogP contribution in [-0.2, 0) is 4.79 Å². The highest BCUT2D eigenvalue weighted by Crippen LogP contribution is 2.38. The summed E-state index contributed by atoms with van der Waals surface area (Å²) in [6.07, 6.45) is 0. The molecule has 1 amide bonds. The molecule has 0 fully saturated rings. The van der Waals surface area contributed by atoms with E-state index in [-0.39, 0.29) is 22.6 Å². The molecule has 0 saturated heterocycles. The maximum atomic E-state index is 14.6. The Bertz CT molecular complexity index is 2970. The number of anilines is 1. The molecule has 0 radical (unpaired) electrons. The lowest BCUT2D eigenvalue weighted by atomic mass is 9.77. The minimum absolute atomic E-state index is 0.203. The van der Waals surface area contributed by atoms with Crippen molar-refractivity contribution >= 4 is 17.3 Å². The highest BCUT2D eigenvalue weighted by atomic mass is 16.2. The summed E-state index contributed by atoms with van der Waals surface area (Å²) >= 11 is 0. The lowest BCUT2D eigenvalue weighted by Crippen LogP contribution is -2.81. The van der Waals surface area contributed by atoms with Crippen LogP contribution in [0.2, 0.25) is 0 Å². The van der Waals surface area contributed by atoms with Crippen LogP contribution in [0.25, 0.3) is 17.1 Å². The van der Waals surface area contributed by atoms with E-state index in [0.717, 1.165) is 0 Å². The molecule has 0 aliphatic carbocycles. The number of hydrogen-bond donors (Lipinski definition) is 4. The van der Waals surface area contributed by atoms with Crippen LogP contribution in [0.4, 0.5) is 5.69 Å². The summed E-state index contributed by atoms with van der Waals surface area (Å²) in [5.74, 6) is -2.46. The fourth-order valence-corrected chi connectivity index (χ4v) is 8.69. The number of H-pyrrole nitrogens is 3. The molecule has 0 spiro atoms. The number of carbonyl (C=O) groups is 1. The number of nitrogens with one attached hydrogen (secondary N) is 4. The first kappa shape index (κ1) is 37.8. The van der Waals surface area contributed by atoms with Gasteiger partial charge in [0.05, 0.1) is 28.2 Å². The van der Waals surface area contributed by atoms with Gasteiger partial charge in [0.1, 0.15) is 11.6 Å². The molecule has 4 N–H and O–H groups in total. The van der Waals surface area contributed by atoms with Gasteiger partial charge in [-0.25, -0.2) is 14.0 Å². The number of aromatic amines is 3. The van der Waals surface area contributed by atoms with Gasteiger partial charge in [0.15, 0.2) is 5.71 Å². The zero-order chi connectivity index (χ0) is 41.7. The van der Waals surface area contributed by atoms with Crippen molar-refractivity contribution in [3.63, 3.8) is 0 Å². The largest absolute Gasteiger partial charge is 0.297 e.